The molecule has 5 heteroatoms. The molecule has 1 aliphatic carbocycles. The second-order valence-electron chi connectivity index (χ2n) is 6.69. The lowest BCUT2D eigenvalue weighted by Gasteiger charge is -2.41. The highest BCUT2D eigenvalue weighted by molar-refractivity contribution is 6.07. The molecule has 2 heterocycles. The first-order valence-electron chi connectivity index (χ1n) is 7.97. The van der Waals surface area contributed by atoms with Gasteiger partial charge in [0.05, 0.1) is 0 Å². The molecule has 1 spiro atoms. The molecular weight excluding hydrogens is 254 g/mol. The summed E-state index contributed by atoms with van der Waals surface area (Å²) in [5, 5.41) is 2.55. The van der Waals surface area contributed by atoms with E-state index < -0.39 is 5.54 Å². The topological polar surface area (TPSA) is 52.7 Å². The zero-order valence-corrected chi connectivity index (χ0v) is 12.4. The van der Waals surface area contributed by atoms with Gasteiger partial charge in [0.2, 0.25) is 0 Å². The molecule has 0 aromatic heterocycles. The highest BCUT2D eigenvalue weighted by atomic mass is 16.2. The van der Waals surface area contributed by atoms with E-state index in [1.54, 1.807) is 0 Å². The summed E-state index contributed by atoms with van der Waals surface area (Å²) in [5.41, 5.74) is -0.547. The lowest BCUT2D eigenvalue weighted by molar-refractivity contribution is -0.129. The predicted molar refractivity (Wildman–Crippen MR) is 76.3 cm³/mol. The Bertz CT molecular complexity index is 406. The average Bonchev–Trinajstić information content (AvgIpc) is 2.98. The standard InChI is InChI=1S/C15H25N3O2/c1-12-5-4-6-15(11-12)13(19)16-14(20)18(15)10-9-17-7-2-3-8-17/h12H,2-11H2,1H3,(H,16,19,20). The number of nitrogens with one attached hydrogen (secondary N) is 1. The molecule has 3 rings (SSSR count). The summed E-state index contributed by atoms with van der Waals surface area (Å²) in [6.45, 7) is 6.04. The van der Waals surface area contributed by atoms with Crippen LogP contribution < -0.4 is 5.32 Å². The summed E-state index contributed by atoms with van der Waals surface area (Å²) < 4.78 is 0. The lowest BCUT2D eigenvalue weighted by Crippen LogP contribution is -2.54. The maximum atomic E-state index is 12.3. The number of hydrogen-bond donors (Lipinski definition) is 1. The summed E-state index contributed by atoms with van der Waals surface area (Å²) in [6.07, 6.45) is 6.38. The number of likely N-dealkylation sites (tertiary alicyclic amines) is 1. The van der Waals surface area contributed by atoms with Gasteiger partial charge in [-0.15, -0.1) is 0 Å². The van der Waals surface area contributed by atoms with Crippen molar-refractivity contribution in [3.8, 4) is 0 Å². The number of carbonyl (C=O) groups is 2. The van der Waals surface area contributed by atoms with Crippen LogP contribution in [0.3, 0.4) is 0 Å². The third-order valence-corrected chi connectivity index (χ3v) is 5.22. The first kappa shape index (κ1) is 13.9. The molecule has 3 fully saturated rings. The highest BCUT2D eigenvalue weighted by Crippen LogP contribution is 2.39. The van der Waals surface area contributed by atoms with Crippen LogP contribution in [-0.4, -0.2) is 53.5 Å². The Morgan fingerprint density at radius 2 is 1.95 bits per heavy atom. The number of imide groups is 1. The number of urea groups is 1. The number of nitrogens with zero attached hydrogens (tertiary/aromatic N) is 2. The molecule has 1 saturated carbocycles. The van der Waals surface area contributed by atoms with Crippen LogP contribution in [0.15, 0.2) is 0 Å². The third kappa shape index (κ3) is 2.32. The van der Waals surface area contributed by atoms with Gasteiger partial charge in [-0.3, -0.25) is 10.1 Å². The Morgan fingerprint density at radius 3 is 2.65 bits per heavy atom. The van der Waals surface area contributed by atoms with Crippen LogP contribution in [0.25, 0.3) is 0 Å². The van der Waals surface area contributed by atoms with E-state index in [4.69, 9.17) is 0 Å². The lowest BCUT2D eigenvalue weighted by atomic mass is 9.75. The van der Waals surface area contributed by atoms with E-state index in [1.807, 2.05) is 4.90 Å². The van der Waals surface area contributed by atoms with Gasteiger partial charge in [-0.25, -0.2) is 4.79 Å². The summed E-state index contributed by atoms with van der Waals surface area (Å²) in [4.78, 5) is 28.7. The van der Waals surface area contributed by atoms with E-state index in [-0.39, 0.29) is 11.9 Å². The van der Waals surface area contributed by atoms with Gasteiger partial charge in [-0.05, 0) is 44.7 Å². The quantitative estimate of drug-likeness (QED) is 0.798. The van der Waals surface area contributed by atoms with Crippen molar-refractivity contribution >= 4 is 11.9 Å². The van der Waals surface area contributed by atoms with E-state index >= 15 is 0 Å². The molecule has 20 heavy (non-hydrogen) atoms. The Balaban J connectivity index is 1.71. The van der Waals surface area contributed by atoms with E-state index in [9.17, 15) is 9.59 Å². The van der Waals surface area contributed by atoms with Crippen LogP contribution in [0.2, 0.25) is 0 Å². The fraction of sp³-hybridized carbons (Fsp3) is 0.867. The number of hydrogen-bond acceptors (Lipinski definition) is 3. The van der Waals surface area contributed by atoms with Crippen molar-refractivity contribution in [2.75, 3.05) is 26.2 Å². The minimum atomic E-state index is -0.547. The molecule has 2 unspecified atom stereocenters. The second kappa shape index (κ2) is 5.35. The molecule has 0 radical (unpaired) electrons. The van der Waals surface area contributed by atoms with Gasteiger partial charge in [0.15, 0.2) is 0 Å². The van der Waals surface area contributed by atoms with E-state index in [1.165, 1.54) is 19.3 Å². The smallest absolute Gasteiger partial charge is 0.308 e. The normalized spacial score (nSPS) is 35.0. The molecule has 1 N–H and O–H groups in total. The second-order valence-corrected chi connectivity index (χ2v) is 6.69. The molecule has 3 aliphatic rings. The Kier molecular flexibility index (Phi) is 3.71. The molecule has 2 atom stereocenters. The first-order valence-corrected chi connectivity index (χ1v) is 7.97. The largest absolute Gasteiger partial charge is 0.325 e. The maximum absolute atomic E-state index is 12.3. The zero-order chi connectivity index (χ0) is 14.2. The summed E-state index contributed by atoms with van der Waals surface area (Å²) >= 11 is 0. The molecule has 5 nitrogen and oxygen atoms in total. The number of carbonyl (C=O) groups excluding carboxylic acids is 2. The Morgan fingerprint density at radius 1 is 1.20 bits per heavy atom. The van der Waals surface area contributed by atoms with Crippen molar-refractivity contribution < 1.29 is 9.59 Å². The van der Waals surface area contributed by atoms with Gasteiger partial charge in [-0.1, -0.05) is 19.8 Å². The molecule has 0 aromatic carbocycles. The van der Waals surface area contributed by atoms with Gasteiger partial charge in [0, 0.05) is 13.1 Å². The van der Waals surface area contributed by atoms with Crippen molar-refractivity contribution in [2.45, 2.75) is 51.0 Å². The molecule has 112 valence electrons. The van der Waals surface area contributed by atoms with Gasteiger partial charge in [0.25, 0.3) is 5.91 Å². The monoisotopic (exact) mass is 279 g/mol. The van der Waals surface area contributed by atoms with E-state index in [2.05, 4.69) is 17.1 Å². The molecule has 0 aromatic rings. The highest BCUT2D eigenvalue weighted by Gasteiger charge is 2.53. The summed E-state index contributed by atoms with van der Waals surface area (Å²) in [6, 6.07) is -0.178. The molecular formula is C15H25N3O2. The fourth-order valence-electron chi connectivity index (χ4n) is 4.14. The van der Waals surface area contributed by atoms with Crippen molar-refractivity contribution in [2.24, 2.45) is 5.92 Å². The number of amides is 3. The minimum absolute atomic E-state index is 0.0597. The van der Waals surface area contributed by atoms with Crippen LogP contribution in [0, 0.1) is 5.92 Å². The maximum Gasteiger partial charge on any atom is 0.325 e. The van der Waals surface area contributed by atoms with Crippen molar-refractivity contribution in [3.63, 3.8) is 0 Å². The van der Waals surface area contributed by atoms with Gasteiger partial charge >= 0.3 is 6.03 Å². The SMILES string of the molecule is CC1CCCC2(C1)C(=O)NC(=O)N2CCN1CCCC1. The van der Waals surface area contributed by atoms with Gasteiger partial charge in [0.1, 0.15) is 5.54 Å². The third-order valence-electron chi connectivity index (χ3n) is 5.22. The first-order chi connectivity index (χ1) is 9.62. The van der Waals surface area contributed by atoms with Crippen LogP contribution in [-0.2, 0) is 4.79 Å². The summed E-state index contributed by atoms with van der Waals surface area (Å²) in [7, 11) is 0. The molecule has 0 bridgehead atoms. The zero-order valence-electron chi connectivity index (χ0n) is 12.4. The van der Waals surface area contributed by atoms with E-state index in [0.717, 1.165) is 38.9 Å². The molecule has 2 aliphatic heterocycles. The average molecular weight is 279 g/mol. The van der Waals surface area contributed by atoms with Crippen LogP contribution >= 0.6 is 0 Å². The van der Waals surface area contributed by atoms with Crippen molar-refractivity contribution in [1.82, 2.24) is 15.1 Å². The van der Waals surface area contributed by atoms with Gasteiger partial charge < -0.3 is 9.80 Å². The van der Waals surface area contributed by atoms with Crippen LogP contribution in [0.1, 0.15) is 45.4 Å². The fourth-order valence-corrected chi connectivity index (χ4v) is 4.14. The molecule has 2 saturated heterocycles. The minimum Gasteiger partial charge on any atom is -0.308 e. The van der Waals surface area contributed by atoms with Gasteiger partial charge in [-0.2, -0.15) is 0 Å². The Labute approximate surface area is 120 Å². The van der Waals surface area contributed by atoms with E-state index in [0.29, 0.717) is 12.5 Å². The summed E-state index contributed by atoms with van der Waals surface area (Å²) in [5.74, 6) is 0.463. The Hall–Kier alpha value is -1.10. The predicted octanol–water partition coefficient (Wildman–Crippen LogP) is 1.58. The van der Waals surface area contributed by atoms with Crippen LogP contribution in [0.4, 0.5) is 4.79 Å². The van der Waals surface area contributed by atoms with Crippen LogP contribution in [0.5, 0.6) is 0 Å². The van der Waals surface area contributed by atoms with Crippen molar-refractivity contribution in [1.29, 1.82) is 0 Å². The van der Waals surface area contributed by atoms with Crippen molar-refractivity contribution in [3.05, 3.63) is 0 Å². The number of rotatable bonds is 3. The molecule has 3 amide bonds.